The molecule has 148 valence electrons. The summed E-state index contributed by atoms with van der Waals surface area (Å²) in [6.45, 7) is 1.90. The number of piperidine rings is 1. The minimum atomic E-state index is -0.568. The highest BCUT2D eigenvalue weighted by atomic mass is 16.5. The summed E-state index contributed by atoms with van der Waals surface area (Å²) in [6, 6.07) is 20.2. The lowest BCUT2D eigenvalue weighted by molar-refractivity contribution is 0.0997. The molecule has 1 aliphatic rings. The molecule has 0 radical (unpaired) electrons. The topological polar surface area (TPSA) is 77.7 Å². The zero-order valence-electron chi connectivity index (χ0n) is 16.1. The van der Waals surface area contributed by atoms with Gasteiger partial charge in [0.15, 0.2) is 0 Å². The molecule has 0 aliphatic carbocycles. The van der Waals surface area contributed by atoms with Crippen molar-refractivity contribution >= 4 is 11.7 Å². The molecule has 0 bridgehead atoms. The first-order valence-electron chi connectivity index (χ1n) is 9.76. The molecular formula is C23H23N3O3. The number of rotatable bonds is 6. The molecule has 0 spiro atoms. The van der Waals surface area contributed by atoms with Crippen LogP contribution < -0.4 is 20.1 Å². The van der Waals surface area contributed by atoms with Crippen molar-refractivity contribution in [2.45, 2.75) is 19.3 Å². The number of hydrogen-bond donors (Lipinski definition) is 1. The predicted molar refractivity (Wildman–Crippen MR) is 112 cm³/mol. The van der Waals surface area contributed by atoms with E-state index < -0.39 is 5.91 Å². The van der Waals surface area contributed by atoms with Gasteiger partial charge in [-0.1, -0.05) is 18.2 Å². The van der Waals surface area contributed by atoms with Crippen molar-refractivity contribution in [2.24, 2.45) is 5.73 Å². The summed E-state index contributed by atoms with van der Waals surface area (Å²) >= 11 is 0. The van der Waals surface area contributed by atoms with Crippen LogP contribution in [0.1, 0.15) is 29.6 Å². The van der Waals surface area contributed by atoms with Gasteiger partial charge in [0, 0.05) is 13.1 Å². The molecule has 1 amide bonds. The second-order valence-corrected chi connectivity index (χ2v) is 6.92. The second kappa shape index (κ2) is 8.65. The lowest BCUT2D eigenvalue weighted by atomic mass is 10.1. The number of para-hydroxylation sites is 1. The second-order valence-electron chi connectivity index (χ2n) is 6.92. The molecule has 2 heterocycles. The number of hydrogen-bond acceptors (Lipinski definition) is 5. The van der Waals surface area contributed by atoms with E-state index in [9.17, 15) is 4.79 Å². The SMILES string of the molecule is NC(=O)c1ccc(N2CCCCC2)nc1Oc1ccc(Oc2ccccc2)cc1. The van der Waals surface area contributed by atoms with Gasteiger partial charge < -0.3 is 20.1 Å². The average molecular weight is 389 g/mol. The number of amides is 1. The third-order valence-electron chi connectivity index (χ3n) is 4.81. The van der Waals surface area contributed by atoms with Crippen molar-refractivity contribution in [1.29, 1.82) is 0 Å². The van der Waals surface area contributed by atoms with E-state index in [4.69, 9.17) is 15.2 Å². The third-order valence-corrected chi connectivity index (χ3v) is 4.81. The summed E-state index contributed by atoms with van der Waals surface area (Å²) in [7, 11) is 0. The lowest BCUT2D eigenvalue weighted by Gasteiger charge is -2.28. The summed E-state index contributed by atoms with van der Waals surface area (Å²) in [6.07, 6.45) is 3.51. The van der Waals surface area contributed by atoms with Crippen LogP contribution in [0.15, 0.2) is 66.7 Å². The van der Waals surface area contributed by atoms with E-state index in [1.807, 2.05) is 36.4 Å². The molecule has 1 saturated heterocycles. The fraction of sp³-hybridized carbons (Fsp3) is 0.217. The minimum Gasteiger partial charge on any atom is -0.457 e. The number of anilines is 1. The monoisotopic (exact) mass is 389 g/mol. The number of primary amides is 1. The first kappa shape index (κ1) is 18.8. The first-order valence-corrected chi connectivity index (χ1v) is 9.76. The number of nitrogens with zero attached hydrogens (tertiary/aromatic N) is 2. The maximum atomic E-state index is 11.8. The maximum Gasteiger partial charge on any atom is 0.254 e. The number of ether oxygens (including phenoxy) is 2. The smallest absolute Gasteiger partial charge is 0.254 e. The van der Waals surface area contributed by atoms with Crippen LogP contribution in [0.25, 0.3) is 0 Å². The van der Waals surface area contributed by atoms with Crippen molar-refractivity contribution in [2.75, 3.05) is 18.0 Å². The highest BCUT2D eigenvalue weighted by Crippen LogP contribution is 2.29. The average Bonchev–Trinajstić information content (AvgIpc) is 2.76. The quantitative estimate of drug-likeness (QED) is 0.658. The maximum absolute atomic E-state index is 11.8. The Morgan fingerprint density at radius 3 is 2.07 bits per heavy atom. The Bertz CT molecular complexity index is 968. The molecule has 2 aromatic carbocycles. The van der Waals surface area contributed by atoms with Crippen molar-refractivity contribution in [3.05, 3.63) is 72.3 Å². The Morgan fingerprint density at radius 1 is 0.793 bits per heavy atom. The van der Waals surface area contributed by atoms with Gasteiger partial charge in [0.05, 0.1) is 0 Å². The molecule has 1 fully saturated rings. The van der Waals surface area contributed by atoms with Gasteiger partial charge in [-0.05, 0) is 67.8 Å². The fourth-order valence-electron chi connectivity index (χ4n) is 3.31. The molecule has 2 N–H and O–H groups in total. The van der Waals surface area contributed by atoms with Gasteiger partial charge >= 0.3 is 0 Å². The van der Waals surface area contributed by atoms with Crippen LogP contribution in [0.5, 0.6) is 23.1 Å². The molecule has 1 aliphatic heterocycles. The van der Waals surface area contributed by atoms with E-state index in [0.717, 1.165) is 37.5 Å². The molecule has 0 saturated carbocycles. The van der Waals surface area contributed by atoms with Crippen LogP contribution in [0, 0.1) is 0 Å². The highest BCUT2D eigenvalue weighted by Gasteiger charge is 2.18. The molecule has 3 aromatic rings. The van der Waals surface area contributed by atoms with E-state index in [-0.39, 0.29) is 11.4 Å². The Labute approximate surface area is 169 Å². The van der Waals surface area contributed by atoms with Crippen molar-refractivity contribution in [3.63, 3.8) is 0 Å². The van der Waals surface area contributed by atoms with Crippen LogP contribution in [0.4, 0.5) is 5.82 Å². The Balaban J connectivity index is 1.53. The van der Waals surface area contributed by atoms with Crippen molar-refractivity contribution in [3.8, 4) is 23.1 Å². The molecule has 0 atom stereocenters. The third kappa shape index (κ3) is 4.66. The van der Waals surface area contributed by atoms with Crippen LogP contribution in [-0.4, -0.2) is 24.0 Å². The largest absolute Gasteiger partial charge is 0.457 e. The van der Waals surface area contributed by atoms with Gasteiger partial charge in [0.1, 0.15) is 28.6 Å². The van der Waals surface area contributed by atoms with Crippen LogP contribution in [0.2, 0.25) is 0 Å². The number of aromatic nitrogens is 1. The van der Waals surface area contributed by atoms with Gasteiger partial charge in [-0.25, -0.2) is 0 Å². The molecular weight excluding hydrogens is 366 g/mol. The Hall–Kier alpha value is -3.54. The number of pyridine rings is 1. The highest BCUT2D eigenvalue weighted by molar-refractivity contribution is 5.95. The summed E-state index contributed by atoms with van der Waals surface area (Å²) in [5.41, 5.74) is 5.77. The summed E-state index contributed by atoms with van der Waals surface area (Å²) in [5, 5.41) is 0. The van der Waals surface area contributed by atoms with E-state index in [1.54, 1.807) is 30.3 Å². The summed E-state index contributed by atoms with van der Waals surface area (Å²) in [5.74, 6) is 2.45. The fourth-order valence-corrected chi connectivity index (χ4v) is 3.31. The zero-order valence-corrected chi connectivity index (χ0v) is 16.1. The van der Waals surface area contributed by atoms with Gasteiger partial charge in [0.2, 0.25) is 5.88 Å². The lowest BCUT2D eigenvalue weighted by Crippen LogP contribution is -2.30. The van der Waals surface area contributed by atoms with E-state index in [1.165, 1.54) is 6.42 Å². The molecule has 6 heteroatoms. The Morgan fingerprint density at radius 2 is 1.41 bits per heavy atom. The van der Waals surface area contributed by atoms with Gasteiger partial charge in [-0.2, -0.15) is 4.98 Å². The predicted octanol–water partition coefficient (Wildman–Crippen LogP) is 4.76. The van der Waals surface area contributed by atoms with Crippen LogP contribution in [-0.2, 0) is 0 Å². The van der Waals surface area contributed by atoms with Crippen molar-refractivity contribution < 1.29 is 14.3 Å². The van der Waals surface area contributed by atoms with E-state index in [0.29, 0.717) is 11.5 Å². The Kier molecular flexibility index (Phi) is 5.61. The van der Waals surface area contributed by atoms with Gasteiger partial charge in [0.25, 0.3) is 5.91 Å². The van der Waals surface area contributed by atoms with Crippen molar-refractivity contribution in [1.82, 2.24) is 4.98 Å². The molecule has 0 unspecified atom stereocenters. The molecule has 1 aromatic heterocycles. The zero-order chi connectivity index (χ0) is 20.1. The molecule has 4 rings (SSSR count). The normalized spacial score (nSPS) is 13.7. The van der Waals surface area contributed by atoms with Gasteiger partial charge in [-0.3, -0.25) is 4.79 Å². The number of carbonyl (C=O) groups is 1. The number of nitrogens with two attached hydrogens (primary N) is 1. The number of benzene rings is 2. The molecule has 29 heavy (non-hydrogen) atoms. The van der Waals surface area contributed by atoms with Gasteiger partial charge in [-0.15, -0.1) is 0 Å². The molecule has 6 nitrogen and oxygen atoms in total. The van der Waals surface area contributed by atoms with Crippen LogP contribution in [0.3, 0.4) is 0 Å². The first-order chi connectivity index (χ1) is 14.2. The number of carbonyl (C=O) groups excluding carboxylic acids is 1. The summed E-state index contributed by atoms with van der Waals surface area (Å²) in [4.78, 5) is 18.6. The standard InChI is InChI=1S/C23H23N3O3/c24-22(27)20-13-14-21(26-15-5-2-6-16-26)25-23(20)29-19-11-9-18(10-12-19)28-17-7-3-1-4-8-17/h1,3-4,7-14H,2,5-6,15-16H2,(H2,24,27). The minimum absolute atomic E-state index is 0.220. The van der Waals surface area contributed by atoms with Crippen LogP contribution >= 0.6 is 0 Å². The summed E-state index contributed by atoms with van der Waals surface area (Å²) < 4.78 is 11.7. The van der Waals surface area contributed by atoms with E-state index in [2.05, 4.69) is 9.88 Å². The van der Waals surface area contributed by atoms with E-state index >= 15 is 0 Å².